The van der Waals surface area contributed by atoms with E-state index < -0.39 is 5.97 Å². The molecule has 1 N–H and O–H groups in total. The minimum absolute atomic E-state index is 0.0278. The number of carbonyl (C=O) groups excluding carboxylic acids is 1. The van der Waals surface area contributed by atoms with Gasteiger partial charge in [0.25, 0.3) is 5.91 Å². The largest absolute Gasteiger partial charge is 0.481 e. The van der Waals surface area contributed by atoms with Gasteiger partial charge in [-0.2, -0.15) is 0 Å². The molecular formula is C30H33NO4S2. The van der Waals surface area contributed by atoms with Crippen LogP contribution < -0.4 is 4.74 Å². The summed E-state index contributed by atoms with van der Waals surface area (Å²) in [4.78, 5) is 26.2. The predicted molar refractivity (Wildman–Crippen MR) is 153 cm³/mol. The smallest absolute Gasteiger partial charge is 0.303 e. The zero-order chi connectivity index (χ0) is 26.0. The van der Waals surface area contributed by atoms with Gasteiger partial charge in [0.2, 0.25) is 0 Å². The number of thiocarbonyl (C=S) groups is 1. The Labute approximate surface area is 228 Å². The van der Waals surface area contributed by atoms with Gasteiger partial charge in [0, 0.05) is 18.5 Å². The van der Waals surface area contributed by atoms with E-state index in [2.05, 4.69) is 6.08 Å². The van der Waals surface area contributed by atoms with Crippen LogP contribution in [-0.4, -0.2) is 32.7 Å². The van der Waals surface area contributed by atoms with Crippen molar-refractivity contribution in [3.8, 4) is 5.75 Å². The second-order valence-electron chi connectivity index (χ2n) is 9.40. The van der Waals surface area contributed by atoms with Gasteiger partial charge in [-0.25, -0.2) is 0 Å². The maximum atomic E-state index is 13.2. The van der Waals surface area contributed by atoms with Gasteiger partial charge in [0.15, 0.2) is 0 Å². The average molecular weight is 536 g/mol. The molecule has 194 valence electrons. The van der Waals surface area contributed by atoms with Crippen LogP contribution in [0.5, 0.6) is 5.75 Å². The molecule has 0 radical (unpaired) electrons. The summed E-state index contributed by atoms with van der Waals surface area (Å²) in [6.45, 7) is 0.640. The van der Waals surface area contributed by atoms with Crippen LogP contribution >= 0.6 is 24.0 Å². The number of rotatable bonds is 13. The van der Waals surface area contributed by atoms with Crippen LogP contribution in [0.3, 0.4) is 0 Å². The first-order valence-electron chi connectivity index (χ1n) is 13.0. The summed E-state index contributed by atoms with van der Waals surface area (Å²) in [5.41, 5.74) is 2.98. The molecule has 2 aromatic carbocycles. The van der Waals surface area contributed by atoms with Gasteiger partial charge >= 0.3 is 5.97 Å². The van der Waals surface area contributed by atoms with Crippen LogP contribution in [0.25, 0.3) is 6.08 Å². The lowest BCUT2D eigenvalue weighted by molar-refractivity contribution is -0.137. The fourth-order valence-corrected chi connectivity index (χ4v) is 5.92. The highest BCUT2D eigenvalue weighted by molar-refractivity contribution is 8.26. The Balaban J connectivity index is 1.32. The predicted octanol–water partition coefficient (Wildman–Crippen LogP) is 7.54. The molecule has 0 spiro atoms. The number of hydrogen-bond donors (Lipinski definition) is 1. The van der Waals surface area contributed by atoms with E-state index in [9.17, 15) is 9.59 Å². The number of aliphatic carboxylic acids is 1. The molecule has 2 aliphatic rings. The van der Waals surface area contributed by atoms with Crippen molar-refractivity contribution in [3.63, 3.8) is 0 Å². The molecule has 1 amide bonds. The van der Waals surface area contributed by atoms with Gasteiger partial charge in [-0.1, -0.05) is 111 Å². The number of carbonyl (C=O) groups is 2. The summed E-state index contributed by atoms with van der Waals surface area (Å²) >= 11 is 6.93. The first-order chi connectivity index (χ1) is 18.0. The number of carboxylic acid groups (broad SMARTS) is 1. The first kappa shape index (κ1) is 27.1. The van der Waals surface area contributed by atoms with E-state index in [4.69, 9.17) is 22.1 Å². The maximum absolute atomic E-state index is 13.2. The van der Waals surface area contributed by atoms with Gasteiger partial charge in [0.05, 0.1) is 4.91 Å². The van der Waals surface area contributed by atoms with Gasteiger partial charge in [-0.3, -0.25) is 14.5 Å². The third kappa shape index (κ3) is 7.55. The molecule has 7 heteroatoms. The number of unbranched alkanes of at least 4 members (excludes halogenated alkanes) is 7. The van der Waals surface area contributed by atoms with E-state index >= 15 is 0 Å². The van der Waals surface area contributed by atoms with Crippen LogP contribution in [0.2, 0.25) is 0 Å². The lowest BCUT2D eigenvalue weighted by Gasteiger charge is -2.26. The second-order valence-corrected chi connectivity index (χ2v) is 11.1. The summed E-state index contributed by atoms with van der Waals surface area (Å²) < 4.78 is 6.98. The highest BCUT2D eigenvalue weighted by Crippen LogP contribution is 2.40. The molecule has 1 unspecified atom stereocenters. The van der Waals surface area contributed by atoms with Crippen LogP contribution in [-0.2, 0) is 9.59 Å². The number of ether oxygens (including phenoxy) is 1. The fraction of sp³-hybridized carbons (Fsp3) is 0.367. The Morgan fingerprint density at radius 1 is 0.946 bits per heavy atom. The van der Waals surface area contributed by atoms with Crippen molar-refractivity contribution in [2.45, 2.75) is 63.9 Å². The Kier molecular flexibility index (Phi) is 9.97. The quantitative estimate of drug-likeness (QED) is 0.162. The van der Waals surface area contributed by atoms with E-state index in [1.165, 1.54) is 11.8 Å². The van der Waals surface area contributed by atoms with Crippen molar-refractivity contribution in [3.05, 3.63) is 82.3 Å². The number of amides is 1. The highest BCUT2D eigenvalue weighted by atomic mass is 32.2. The van der Waals surface area contributed by atoms with Crippen molar-refractivity contribution in [1.82, 2.24) is 4.90 Å². The maximum Gasteiger partial charge on any atom is 0.303 e. The monoisotopic (exact) mass is 535 g/mol. The SMILES string of the molecule is O=C(O)CCCCCCCCCCN1C(=O)C(=CC2=Cc3ccccc3OC2c2ccccc2)SC1=S. The molecule has 2 aliphatic heterocycles. The Bertz CT molecular complexity index is 1180. The topological polar surface area (TPSA) is 66.8 Å². The van der Waals surface area contributed by atoms with Crippen LogP contribution in [0.1, 0.15) is 75.0 Å². The van der Waals surface area contributed by atoms with E-state index in [-0.39, 0.29) is 18.4 Å². The van der Waals surface area contributed by atoms with Crippen molar-refractivity contribution in [2.75, 3.05) is 6.54 Å². The number of benzene rings is 2. The van der Waals surface area contributed by atoms with Gasteiger partial charge in [-0.05, 0) is 42.2 Å². The summed E-state index contributed by atoms with van der Waals surface area (Å²) in [5.74, 6) is 0.0944. The second kappa shape index (κ2) is 13.6. The first-order valence-corrected chi connectivity index (χ1v) is 14.2. The lowest BCUT2D eigenvalue weighted by atomic mass is 9.95. The molecule has 0 bridgehead atoms. The Hall–Kier alpha value is -2.90. The lowest BCUT2D eigenvalue weighted by Crippen LogP contribution is -2.29. The highest BCUT2D eigenvalue weighted by Gasteiger charge is 2.33. The molecule has 0 saturated carbocycles. The Morgan fingerprint density at radius 2 is 1.59 bits per heavy atom. The summed E-state index contributed by atoms with van der Waals surface area (Å²) in [7, 11) is 0. The molecule has 5 nitrogen and oxygen atoms in total. The fourth-order valence-electron chi connectivity index (χ4n) is 4.61. The number of carboxylic acids is 1. The molecule has 1 saturated heterocycles. The molecule has 4 rings (SSSR count). The summed E-state index contributed by atoms with van der Waals surface area (Å²) in [6.07, 6.45) is 12.2. The van der Waals surface area contributed by atoms with E-state index in [1.807, 2.05) is 60.7 Å². The van der Waals surface area contributed by atoms with Crippen molar-refractivity contribution in [1.29, 1.82) is 0 Å². The van der Waals surface area contributed by atoms with Crippen LogP contribution in [0, 0.1) is 0 Å². The molecule has 1 atom stereocenters. The zero-order valence-corrected chi connectivity index (χ0v) is 22.6. The molecule has 0 aliphatic carbocycles. The van der Waals surface area contributed by atoms with Gasteiger partial charge < -0.3 is 9.84 Å². The van der Waals surface area contributed by atoms with E-state index in [1.54, 1.807) is 4.90 Å². The van der Waals surface area contributed by atoms with Crippen LogP contribution in [0.15, 0.2) is 71.2 Å². The van der Waals surface area contributed by atoms with Crippen molar-refractivity contribution >= 4 is 46.3 Å². The Morgan fingerprint density at radius 3 is 2.32 bits per heavy atom. The molecule has 2 aromatic rings. The number of para-hydroxylation sites is 1. The molecule has 2 heterocycles. The molecule has 0 aromatic heterocycles. The molecule has 37 heavy (non-hydrogen) atoms. The average Bonchev–Trinajstić information content (AvgIpc) is 3.16. The number of hydrogen-bond acceptors (Lipinski definition) is 5. The van der Waals surface area contributed by atoms with E-state index in [0.717, 1.165) is 73.8 Å². The molecular weight excluding hydrogens is 502 g/mol. The third-order valence-electron chi connectivity index (χ3n) is 6.58. The number of nitrogens with zero attached hydrogens (tertiary/aromatic N) is 1. The molecule has 1 fully saturated rings. The zero-order valence-electron chi connectivity index (χ0n) is 20.9. The standard InChI is InChI=1S/C30H33NO4S2/c32-27(33)18-10-5-3-1-2-4-6-13-19-31-29(34)26(37-30(31)36)21-24-20-23-16-11-12-17-25(23)35-28(24)22-14-8-7-9-15-22/h7-9,11-12,14-17,20-21,28H,1-6,10,13,18-19H2,(H,32,33). The minimum Gasteiger partial charge on any atom is -0.481 e. The number of fused-ring (bicyclic) bond motifs is 1. The van der Waals surface area contributed by atoms with Gasteiger partial charge in [-0.15, -0.1) is 0 Å². The van der Waals surface area contributed by atoms with Gasteiger partial charge in [0.1, 0.15) is 16.2 Å². The minimum atomic E-state index is -0.712. The van der Waals surface area contributed by atoms with Crippen LogP contribution in [0.4, 0.5) is 0 Å². The number of thioether (sulfide) groups is 1. The van der Waals surface area contributed by atoms with E-state index in [0.29, 0.717) is 15.8 Å². The summed E-state index contributed by atoms with van der Waals surface area (Å²) in [6, 6.07) is 18.0. The normalized spacial score (nSPS) is 18.1. The summed E-state index contributed by atoms with van der Waals surface area (Å²) in [5, 5.41) is 8.68. The van der Waals surface area contributed by atoms with Crippen molar-refractivity contribution < 1.29 is 19.4 Å². The van der Waals surface area contributed by atoms with Crippen molar-refractivity contribution in [2.24, 2.45) is 0 Å². The third-order valence-corrected chi connectivity index (χ3v) is 7.96.